The van der Waals surface area contributed by atoms with E-state index in [0.717, 1.165) is 17.0 Å². The fraction of sp³-hybridized carbons (Fsp3) is 0.143. The summed E-state index contributed by atoms with van der Waals surface area (Å²) in [6.07, 6.45) is 8.05. The average Bonchev–Trinajstić information content (AvgIpc) is 3.22. The second-order valence-corrected chi connectivity index (χ2v) is 13.7. The zero-order chi connectivity index (χ0) is 34.3. The van der Waals surface area contributed by atoms with Gasteiger partial charge in [-0.05, 0) is 74.2 Å². The molecule has 0 N–H and O–H groups in total. The highest BCUT2D eigenvalue weighted by Crippen LogP contribution is 2.45. The van der Waals surface area contributed by atoms with Gasteiger partial charge in [0, 0.05) is 17.2 Å². The molecule has 7 aromatic rings. The molecule has 1 aliphatic rings. The average molecular weight is 659 g/mol. The number of benzene rings is 7. The largest absolute Gasteiger partial charge is 0.261 e. The summed E-state index contributed by atoms with van der Waals surface area (Å²) in [4.78, 5) is 9.80. The summed E-state index contributed by atoms with van der Waals surface area (Å²) >= 11 is 0. The van der Waals surface area contributed by atoms with Crippen molar-refractivity contribution in [3.8, 4) is 22.3 Å². The highest BCUT2D eigenvalue weighted by atomic mass is 14.9. The van der Waals surface area contributed by atoms with Crippen LogP contribution in [0.4, 0.5) is 0 Å². The molecule has 0 atom stereocenters. The summed E-state index contributed by atoms with van der Waals surface area (Å²) in [6.45, 7) is 0.580. The first kappa shape index (κ1) is 32.4. The fourth-order valence-corrected chi connectivity index (χ4v) is 7.79. The Labute approximate surface area is 301 Å². The first-order valence-corrected chi connectivity index (χ1v) is 18.2. The van der Waals surface area contributed by atoms with Crippen LogP contribution in [0.2, 0.25) is 0 Å². The van der Waals surface area contributed by atoms with Crippen molar-refractivity contribution in [3.63, 3.8) is 0 Å². The van der Waals surface area contributed by atoms with Gasteiger partial charge in [0.2, 0.25) is 0 Å². The molecule has 0 saturated heterocycles. The molecule has 2 nitrogen and oxygen atoms in total. The molecule has 248 valence electrons. The molecule has 8 rings (SSSR count). The second-order valence-electron chi connectivity index (χ2n) is 13.7. The van der Waals surface area contributed by atoms with E-state index in [1.165, 1.54) is 81.8 Å². The maximum Gasteiger partial charge on any atom is 0.154 e. The van der Waals surface area contributed by atoms with Crippen molar-refractivity contribution in [2.45, 2.75) is 44.1 Å². The van der Waals surface area contributed by atoms with Crippen molar-refractivity contribution in [3.05, 3.63) is 204 Å². The highest BCUT2D eigenvalue weighted by molar-refractivity contribution is 6.05. The molecule has 7 aromatic carbocycles. The van der Waals surface area contributed by atoms with Crippen LogP contribution >= 0.6 is 0 Å². The van der Waals surface area contributed by atoms with Crippen LogP contribution in [0, 0.1) is 0 Å². The smallest absolute Gasteiger partial charge is 0.154 e. The molecule has 1 fully saturated rings. The Kier molecular flexibility index (Phi) is 9.48. The topological polar surface area (TPSA) is 24.7 Å². The van der Waals surface area contributed by atoms with Gasteiger partial charge in [0.15, 0.2) is 5.84 Å². The van der Waals surface area contributed by atoms with E-state index in [4.69, 9.17) is 9.98 Å². The molecule has 1 saturated carbocycles. The first-order chi connectivity index (χ1) is 25.2. The third-order valence-corrected chi connectivity index (χ3v) is 10.5. The zero-order valence-electron chi connectivity index (χ0n) is 29.0. The van der Waals surface area contributed by atoms with Gasteiger partial charge in [-0.3, -0.25) is 4.99 Å². The minimum absolute atomic E-state index is 0.0263. The zero-order valence-corrected chi connectivity index (χ0v) is 29.0. The van der Waals surface area contributed by atoms with Crippen LogP contribution in [0.3, 0.4) is 0 Å². The third-order valence-electron chi connectivity index (χ3n) is 10.5. The molecule has 0 spiro atoms. The van der Waals surface area contributed by atoms with Crippen LogP contribution in [0.5, 0.6) is 0 Å². The Hall–Kier alpha value is -5.86. The maximum absolute atomic E-state index is 4.99. The predicted molar refractivity (Wildman–Crippen MR) is 216 cm³/mol. The van der Waals surface area contributed by atoms with E-state index in [1.54, 1.807) is 0 Å². The van der Waals surface area contributed by atoms with Crippen LogP contribution in [0.15, 0.2) is 186 Å². The van der Waals surface area contributed by atoms with Gasteiger partial charge in [0.1, 0.15) is 0 Å². The Morgan fingerprint density at radius 1 is 0.529 bits per heavy atom. The highest BCUT2D eigenvalue weighted by Gasteiger charge is 2.35. The maximum atomic E-state index is 4.99. The van der Waals surface area contributed by atoms with Crippen LogP contribution in [-0.2, 0) is 12.0 Å². The van der Waals surface area contributed by atoms with Crippen LogP contribution in [-0.4, -0.2) is 12.1 Å². The normalized spacial score (nSPS) is 14.5. The van der Waals surface area contributed by atoms with Gasteiger partial charge in [-0.2, -0.15) is 0 Å². The quantitative estimate of drug-likeness (QED) is 0.115. The number of amidine groups is 1. The van der Waals surface area contributed by atoms with Crippen molar-refractivity contribution >= 4 is 22.8 Å². The third kappa shape index (κ3) is 7.09. The molecular weight excluding hydrogens is 617 g/mol. The Morgan fingerprint density at radius 3 is 1.92 bits per heavy atom. The lowest BCUT2D eigenvalue weighted by Gasteiger charge is -2.39. The van der Waals surface area contributed by atoms with E-state index in [-0.39, 0.29) is 5.41 Å². The number of aliphatic imine (C=N–C) groups is 2. The summed E-state index contributed by atoms with van der Waals surface area (Å²) in [5.41, 5.74) is 11.2. The Balaban J connectivity index is 1.05. The van der Waals surface area contributed by atoms with E-state index >= 15 is 0 Å². The number of fused-ring (bicyclic) bond motifs is 1. The van der Waals surface area contributed by atoms with Crippen LogP contribution in [0.25, 0.3) is 33.0 Å². The first-order valence-electron chi connectivity index (χ1n) is 18.2. The molecule has 0 aromatic heterocycles. The van der Waals surface area contributed by atoms with E-state index in [9.17, 15) is 0 Å². The number of hydrogen-bond donors (Lipinski definition) is 0. The van der Waals surface area contributed by atoms with Gasteiger partial charge in [0.05, 0.1) is 6.54 Å². The number of nitrogens with zero attached hydrogens (tertiary/aromatic N) is 2. The van der Waals surface area contributed by atoms with Crippen molar-refractivity contribution in [1.82, 2.24) is 0 Å². The van der Waals surface area contributed by atoms with Gasteiger partial charge < -0.3 is 0 Å². The van der Waals surface area contributed by atoms with Crippen molar-refractivity contribution < 1.29 is 0 Å². The number of rotatable bonds is 8. The molecule has 1 aliphatic carbocycles. The lowest BCUT2D eigenvalue weighted by atomic mass is 9.65. The minimum atomic E-state index is 0.0263. The monoisotopic (exact) mass is 658 g/mol. The van der Waals surface area contributed by atoms with Gasteiger partial charge >= 0.3 is 0 Å². The molecule has 0 heterocycles. The molecule has 2 heteroatoms. The molecule has 0 bridgehead atoms. The van der Waals surface area contributed by atoms with Gasteiger partial charge in [-0.15, -0.1) is 0 Å². The van der Waals surface area contributed by atoms with Crippen molar-refractivity contribution in [2.24, 2.45) is 9.98 Å². The lowest BCUT2D eigenvalue weighted by Crippen LogP contribution is -2.30. The molecule has 0 radical (unpaired) electrons. The van der Waals surface area contributed by atoms with E-state index < -0.39 is 0 Å². The predicted octanol–water partition coefficient (Wildman–Crippen LogP) is 12.5. The number of hydrogen-bond acceptors (Lipinski definition) is 1. The van der Waals surface area contributed by atoms with Gasteiger partial charge in [0.25, 0.3) is 0 Å². The summed E-state index contributed by atoms with van der Waals surface area (Å²) in [7, 11) is 0. The van der Waals surface area contributed by atoms with E-state index in [2.05, 4.69) is 140 Å². The Bertz CT molecular complexity index is 2270. The minimum Gasteiger partial charge on any atom is -0.261 e. The molecular formula is C49H42N2. The fourth-order valence-electron chi connectivity index (χ4n) is 7.79. The van der Waals surface area contributed by atoms with Crippen LogP contribution in [0.1, 0.15) is 59.9 Å². The Morgan fingerprint density at radius 2 is 1.16 bits per heavy atom. The standard InChI is InChI=1S/C49H42N2/c1-4-14-37(15-5-1)35-50-48(41-17-6-2-7-18-41)51-36-38-24-28-44(29-25-38)49(32-10-3-11-33-49)45-30-26-39(27-31-45)42-20-12-21-43(34-42)47-23-13-19-40-16-8-9-22-46(40)47/h1-2,4-9,12-31,34-35H,3,10-11,32-33,36H2/b50-35+,51-48-. The molecule has 51 heavy (non-hydrogen) atoms. The van der Waals surface area contributed by atoms with E-state index in [0.29, 0.717) is 6.54 Å². The lowest BCUT2D eigenvalue weighted by molar-refractivity contribution is 0.346. The molecule has 0 aliphatic heterocycles. The van der Waals surface area contributed by atoms with E-state index in [1.807, 2.05) is 42.6 Å². The summed E-state index contributed by atoms with van der Waals surface area (Å²) in [5.74, 6) is 0.745. The van der Waals surface area contributed by atoms with Crippen LogP contribution < -0.4 is 0 Å². The molecule has 0 unspecified atom stereocenters. The van der Waals surface area contributed by atoms with Gasteiger partial charge in [-0.25, -0.2) is 4.99 Å². The summed E-state index contributed by atoms with van der Waals surface area (Å²) in [5, 5.41) is 2.56. The van der Waals surface area contributed by atoms with Crippen molar-refractivity contribution in [1.29, 1.82) is 0 Å². The van der Waals surface area contributed by atoms with Gasteiger partial charge in [-0.1, -0.05) is 189 Å². The summed E-state index contributed by atoms with van der Waals surface area (Å²) < 4.78 is 0. The van der Waals surface area contributed by atoms with Crippen molar-refractivity contribution in [2.75, 3.05) is 0 Å². The SMILES string of the molecule is C(=N\C(=N/Cc1ccc(C2(c3ccc(-c4cccc(-c5cccc6ccccc56)c4)cc3)CCCCC2)cc1)c1ccccc1)/c1ccccc1. The molecule has 0 amide bonds. The summed E-state index contributed by atoms with van der Waals surface area (Å²) in [6, 6.07) is 63.4. The second kappa shape index (κ2) is 14.9.